The summed E-state index contributed by atoms with van der Waals surface area (Å²) in [6, 6.07) is 3.48. The fraction of sp³-hybridized carbons (Fsp3) is 0.364. The highest BCUT2D eigenvalue weighted by Crippen LogP contribution is 2.37. The number of nitrogens with two attached hydrogens (primary N) is 1. The second-order valence-corrected chi connectivity index (χ2v) is 5.06. The number of hydrogen-bond donors (Lipinski definition) is 2. The van der Waals surface area contributed by atoms with Crippen molar-refractivity contribution in [1.29, 1.82) is 0 Å². The maximum absolute atomic E-state index is 11.1. The lowest BCUT2D eigenvalue weighted by atomic mass is 10.1. The van der Waals surface area contributed by atoms with Gasteiger partial charge in [-0.15, -0.1) is 0 Å². The van der Waals surface area contributed by atoms with Crippen molar-refractivity contribution < 1.29 is 9.63 Å². The van der Waals surface area contributed by atoms with E-state index in [1.807, 2.05) is 0 Å². The van der Waals surface area contributed by atoms with Gasteiger partial charge in [0.25, 0.3) is 0 Å². The third kappa shape index (κ3) is 2.40. The zero-order valence-corrected chi connectivity index (χ0v) is 11.5. The number of hydrogen-bond acceptors (Lipinski definition) is 5. The number of halogens is 2. The Hall–Kier alpha value is -1.01. The first-order valence-electron chi connectivity index (χ1n) is 5.31. The number of nitrogens with zero attached hydrogens (tertiary/aromatic N) is 1. The van der Waals surface area contributed by atoms with Gasteiger partial charge in [-0.1, -0.05) is 28.3 Å². The molecular weight excluding hydrogens is 277 g/mol. The summed E-state index contributed by atoms with van der Waals surface area (Å²) in [5.41, 5.74) is 7.55. The van der Waals surface area contributed by atoms with Gasteiger partial charge in [0, 0.05) is 18.2 Å². The first-order chi connectivity index (χ1) is 8.31. The molecule has 1 heterocycles. The Morgan fingerprint density at radius 3 is 2.83 bits per heavy atom. The van der Waals surface area contributed by atoms with Crippen LogP contribution in [-0.4, -0.2) is 16.8 Å². The van der Waals surface area contributed by atoms with Crippen LogP contribution >= 0.6 is 23.2 Å². The molecule has 18 heavy (non-hydrogen) atoms. The maximum Gasteiger partial charge on any atom is 0.322 e. The van der Waals surface area contributed by atoms with E-state index in [-0.39, 0.29) is 6.54 Å². The van der Waals surface area contributed by atoms with Gasteiger partial charge in [0.2, 0.25) is 0 Å². The lowest BCUT2D eigenvalue weighted by Gasteiger charge is -2.41. The molecule has 1 atom stereocenters. The zero-order valence-electron chi connectivity index (χ0n) is 9.96. The van der Waals surface area contributed by atoms with E-state index in [4.69, 9.17) is 33.8 Å². The summed E-state index contributed by atoms with van der Waals surface area (Å²) in [5, 5.41) is 5.25. The zero-order chi connectivity index (χ0) is 13.5. The van der Waals surface area contributed by atoms with E-state index in [2.05, 4.69) is 5.32 Å². The summed E-state index contributed by atoms with van der Waals surface area (Å²) in [6.45, 7) is 3.28. The van der Waals surface area contributed by atoms with Crippen molar-refractivity contribution in [1.82, 2.24) is 5.06 Å². The number of hydroxylamine groups is 2. The van der Waals surface area contributed by atoms with Crippen molar-refractivity contribution in [3.63, 3.8) is 0 Å². The van der Waals surface area contributed by atoms with E-state index in [1.54, 1.807) is 19.1 Å². The average molecular weight is 290 g/mol. The van der Waals surface area contributed by atoms with E-state index >= 15 is 0 Å². The van der Waals surface area contributed by atoms with Crippen LogP contribution in [-0.2, 0) is 16.2 Å². The van der Waals surface area contributed by atoms with Crippen LogP contribution in [0.15, 0.2) is 12.1 Å². The molecule has 0 aliphatic carbocycles. The van der Waals surface area contributed by atoms with Crippen molar-refractivity contribution in [3.8, 4) is 0 Å². The van der Waals surface area contributed by atoms with Crippen molar-refractivity contribution in [3.05, 3.63) is 27.7 Å². The summed E-state index contributed by atoms with van der Waals surface area (Å²) >= 11 is 12.1. The molecule has 1 aromatic rings. The molecule has 1 unspecified atom stereocenters. The minimum Gasteiger partial charge on any atom is -0.364 e. The number of carbonyl (C=O) groups excluding carboxylic acids is 1. The van der Waals surface area contributed by atoms with Gasteiger partial charge in [-0.05, 0) is 19.1 Å². The Bertz CT molecular complexity index is 505. The van der Waals surface area contributed by atoms with E-state index < -0.39 is 11.8 Å². The summed E-state index contributed by atoms with van der Waals surface area (Å²) in [5.74, 6) is -1.45. The van der Waals surface area contributed by atoms with Crippen molar-refractivity contribution >= 4 is 34.9 Å². The van der Waals surface area contributed by atoms with Crippen molar-refractivity contribution in [2.45, 2.75) is 26.2 Å². The van der Waals surface area contributed by atoms with Crippen LogP contribution in [0.3, 0.4) is 0 Å². The quantitative estimate of drug-likeness (QED) is 0.831. The lowest BCUT2D eigenvalue weighted by Crippen LogP contribution is -2.61. The first-order valence-corrected chi connectivity index (χ1v) is 6.07. The predicted molar refractivity (Wildman–Crippen MR) is 70.0 cm³/mol. The highest BCUT2D eigenvalue weighted by molar-refractivity contribution is 6.42. The van der Waals surface area contributed by atoms with Gasteiger partial charge in [0.1, 0.15) is 0 Å². The molecule has 5 nitrogen and oxygen atoms in total. The third-order valence-corrected chi connectivity index (χ3v) is 3.49. The molecular formula is C11H13Cl2N3O2. The molecule has 0 bridgehead atoms. The molecule has 1 aromatic carbocycles. The second-order valence-electron chi connectivity index (χ2n) is 4.28. The summed E-state index contributed by atoms with van der Waals surface area (Å²) in [7, 11) is 0. The van der Waals surface area contributed by atoms with Gasteiger partial charge in [-0.25, -0.2) is 0 Å². The van der Waals surface area contributed by atoms with Crippen LogP contribution in [0.1, 0.15) is 19.4 Å². The molecule has 7 heteroatoms. The lowest BCUT2D eigenvalue weighted by molar-refractivity contribution is -0.218. The van der Waals surface area contributed by atoms with Crippen LogP contribution < -0.4 is 11.1 Å². The normalized spacial score (nSPS) is 23.2. The number of rotatable bonds is 1. The van der Waals surface area contributed by atoms with Gasteiger partial charge >= 0.3 is 5.97 Å². The van der Waals surface area contributed by atoms with E-state index in [9.17, 15) is 4.79 Å². The van der Waals surface area contributed by atoms with E-state index in [1.165, 1.54) is 12.0 Å². The molecule has 1 aliphatic rings. The second kappa shape index (κ2) is 4.59. The largest absolute Gasteiger partial charge is 0.364 e. The van der Waals surface area contributed by atoms with E-state index in [0.29, 0.717) is 10.0 Å². The summed E-state index contributed by atoms with van der Waals surface area (Å²) in [4.78, 5) is 16.1. The minimum atomic E-state index is -1.00. The van der Waals surface area contributed by atoms with Gasteiger partial charge in [0.15, 0.2) is 5.79 Å². The standard InChI is InChI=1S/C11H13Cl2N3O2/c1-6(17)18-16-5-7-9(15-11(16,2)14)4-3-8(12)10(7)13/h3-4,15H,5,14H2,1-2H3. The highest BCUT2D eigenvalue weighted by atomic mass is 35.5. The minimum absolute atomic E-state index is 0.272. The van der Waals surface area contributed by atoms with Crippen LogP contribution in [0.2, 0.25) is 10.0 Å². The van der Waals surface area contributed by atoms with Gasteiger partial charge in [-0.3, -0.25) is 10.5 Å². The fourth-order valence-corrected chi connectivity index (χ4v) is 2.19. The SMILES string of the molecule is CC(=O)ON1Cc2c(ccc(Cl)c2Cl)NC1(C)N. The molecule has 0 saturated heterocycles. The number of nitrogens with one attached hydrogen (secondary N) is 1. The number of carbonyl (C=O) groups is 1. The molecule has 1 aliphatic heterocycles. The molecule has 0 aromatic heterocycles. The summed E-state index contributed by atoms with van der Waals surface area (Å²) < 4.78 is 0. The summed E-state index contributed by atoms with van der Waals surface area (Å²) in [6.07, 6.45) is 0. The smallest absolute Gasteiger partial charge is 0.322 e. The Morgan fingerprint density at radius 2 is 2.22 bits per heavy atom. The molecule has 0 spiro atoms. The Kier molecular flexibility index (Phi) is 3.42. The van der Waals surface area contributed by atoms with E-state index in [0.717, 1.165) is 11.3 Å². The predicted octanol–water partition coefficient (Wildman–Crippen LogP) is 2.33. The third-order valence-electron chi connectivity index (χ3n) is 2.64. The monoisotopic (exact) mass is 289 g/mol. The van der Waals surface area contributed by atoms with Crippen LogP contribution in [0, 0.1) is 0 Å². The fourth-order valence-electron chi connectivity index (χ4n) is 1.79. The average Bonchev–Trinajstić information content (AvgIpc) is 2.25. The number of anilines is 1. The van der Waals surface area contributed by atoms with Gasteiger partial charge in [0.05, 0.1) is 16.6 Å². The molecule has 0 saturated carbocycles. The number of fused-ring (bicyclic) bond motifs is 1. The Morgan fingerprint density at radius 1 is 1.56 bits per heavy atom. The topological polar surface area (TPSA) is 67.6 Å². The molecule has 0 amide bonds. The highest BCUT2D eigenvalue weighted by Gasteiger charge is 2.36. The van der Waals surface area contributed by atoms with Crippen molar-refractivity contribution in [2.24, 2.45) is 5.73 Å². The van der Waals surface area contributed by atoms with Gasteiger partial charge in [-0.2, -0.15) is 0 Å². The van der Waals surface area contributed by atoms with Crippen LogP contribution in [0.4, 0.5) is 5.69 Å². The molecule has 2 rings (SSSR count). The Balaban J connectivity index is 2.40. The first kappa shape index (κ1) is 13.4. The van der Waals surface area contributed by atoms with Gasteiger partial charge < -0.3 is 10.2 Å². The van der Waals surface area contributed by atoms with Crippen LogP contribution in [0.25, 0.3) is 0 Å². The molecule has 0 fully saturated rings. The molecule has 0 radical (unpaired) electrons. The number of benzene rings is 1. The molecule has 3 N–H and O–H groups in total. The maximum atomic E-state index is 11.1. The van der Waals surface area contributed by atoms with Crippen LogP contribution in [0.5, 0.6) is 0 Å². The molecule has 98 valence electrons. The van der Waals surface area contributed by atoms with Crippen molar-refractivity contribution in [2.75, 3.05) is 5.32 Å². The Labute approximate surface area is 115 Å².